The average Bonchev–Trinajstić information content (AvgIpc) is 3.22. The second-order valence-corrected chi connectivity index (χ2v) is 5.58. The number of urea groups is 1. The molecule has 0 aromatic heterocycles. The van der Waals surface area contributed by atoms with Crippen LogP contribution in [0, 0.1) is 5.92 Å². The maximum atomic E-state index is 12.0. The number of hydrogen-bond acceptors (Lipinski definition) is 3. The van der Waals surface area contributed by atoms with E-state index in [9.17, 15) is 14.4 Å². The molecule has 0 radical (unpaired) electrons. The van der Waals surface area contributed by atoms with Crippen LogP contribution in [0.15, 0.2) is 0 Å². The van der Waals surface area contributed by atoms with E-state index < -0.39 is 5.97 Å². The van der Waals surface area contributed by atoms with Crippen molar-refractivity contribution >= 4 is 17.9 Å². The summed E-state index contributed by atoms with van der Waals surface area (Å²) in [5.41, 5.74) is 0. The Hall–Kier alpha value is -1.79. The number of carbonyl (C=O) groups is 3. The SMILES string of the molecule is CC(C)N(CCCC(=O)O)C(=O)NCCNC(=O)C1CC1. The summed E-state index contributed by atoms with van der Waals surface area (Å²) in [5.74, 6) is -0.628. The highest BCUT2D eigenvalue weighted by Crippen LogP contribution is 2.28. The van der Waals surface area contributed by atoms with Gasteiger partial charge in [-0.15, -0.1) is 0 Å². The first-order valence-electron chi connectivity index (χ1n) is 7.45. The van der Waals surface area contributed by atoms with Crippen molar-refractivity contribution in [2.45, 2.75) is 45.6 Å². The van der Waals surface area contributed by atoms with E-state index in [1.165, 1.54) is 0 Å². The van der Waals surface area contributed by atoms with Crippen LogP contribution in [0.5, 0.6) is 0 Å². The molecule has 0 aromatic rings. The molecule has 0 bridgehead atoms. The maximum absolute atomic E-state index is 12.0. The van der Waals surface area contributed by atoms with E-state index >= 15 is 0 Å². The lowest BCUT2D eigenvalue weighted by atomic mass is 10.2. The van der Waals surface area contributed by atoms with E-state index in [0.717, 1.165) is 12.8 Å². The quantitative estimate of drug-likeness (QED) is 0.548. The van der Waals surface area contributed by atoms with Crippen molar-refractivity contribution < 1.29 is 19.5 Å². The van der Waals surface area contributed by atoms with Crippen LogP contribution in [0.25, 0.3) is 0 Å². The van der Waals surface area contributed by atoms with Gasteiger partial charge in [0.05, 0.1) is 0 Å². The first kappa shape index (κ1) is 17.3. The van der Waals surface area contributed by atoms with Gasteiger partial charge in [-0.3, -0.25) is 9.59 Å². The van der Waals surface area contributed by atoms with Crippen LogP contribution < -0.4 is 10.6 Å². The molecule has 1 aliphatic rings. The molecule has 0 aromatic carbocycles. The summed E-state index contributed by atoms with van der Waals surface area (Å²) in [5, 5.41) is 14.1. The fraction of sp³-hybridized carbons (Fsp3) is 0.786. The molecule has 1 rings (SSSR count). The largest absolute Gasteiger partial charge is 0.481 e. The number of aliphatic carboxylic acids is 1. The molecule has 1 fully saturated rings. The Kier molecular flexibility index (Phi) is 6.98. The third kappa shape index (κ3) is 6.97. The van der Waals surface area contributed by atoms with Gasteiger partial charge in [0.2, 0.25) is 5.91 Å². The fourth-order valence-electron chi connectivity index (χ4n) is 1.94. The van der Waals surface area contributed by atoms with E-state index in [-0.39, 0.29) is 30.3 Å². The van der Waals surface area contributed by atoms with Crippen LogP contribution in [0.2, 0.25) is 0 Å². The molecule has 3 amide bonds. The number of hydrogen-bond donors (Lipinski definition) is 3. The second-order valence-electron chi connectivity index (χ2n) is 5.58. The third-order valence-corrected chi connectivity index (χ3v) is 3.32. The Morgan fingerprint density at radius 1 is 1.19 bits per heavy atom. The van der Waals surface area contributed by atoms with Gasteiger partial charge in [0.25, 0.3) is 0 Å². The van der Waals surface area contributed by atoms with Crippen molar-refractivity contribution in [1.29, 1.82) is 0 Å². The van der Waals surface area contributed by atoms with Crippen molar-refractivity contribution in [3.8, 4) is 0 Å². The molecule has 0 aliphatic heterocycles. The zero-order valence-electron chi connectivity index (χ0n) is 12.7. The number of carboxylic acids is 1. The molecule has 1 aliphatic carbocycles. The van der Waals surface area contributed by atoms with E-state index in [4.69, 9.17) is 5.11 Å². The molecule has 7 heteroatoms. The Morgan fingerprint density at radius 2 is 1.81 bits per heavy atom. The van der Waals surface area contributed by atoms with E-state index in [1.807, 2.05) is 13.8 Å². The summed E-state index contributed by atoms with van der Waals surface area (Å²) < 4.78 is 0. The third-order valence-electron chi connectivity index (χ3n) is 3.32. The molecule has 1 saturated carbocycles. The van der Waals surface area contributed by atoms with E-state index in [2.05, 4.69) is 10.6 Å². The average molecular weight is 299 g/mol. The summed E-state index contributed by atoms with van der Waals surface area (Å²) in [6.45, 7) is 4.97. The van der Waals surface area contributed by atoms with Gasteiger partial charge in [-0.2, -0.15) is 0 Å². The molecule has 21 heavy (non-hydrogen) atoms. The lowest BCUT2D eigenvalue weighted by Gasteiger charge is -2.26. The van der Waals surface area contributed by atoms with Gasteiger partial charge in [0.15, 0.2) is 0 Å². The smallest absolute Gasteiger partial charge is 0.317 e. The minimum atomic E-state index is -0.859. The number of carboxylic acid groups (broad SMARTS) is 1. The first-order chi connectivity index (χ1) is 9.91. The zero-order valence-corrected chi connectivity index (χ0v) is 12.7. The molecule has 0 unspecified atom stereocenters. The van der Waals surface area contributed by atoms with Gasteiger partial charge in [-0.25, -0.2) is 4.79 Å². The van der Waals surface area contributed by atoms with Crippen LogP contribution in [0.4, 0.5) is 4.79 Å². The zero-order chi connectivity index (χ0) is 15.8. The minimum Gasteiger partial charge on any atom is -0.481 e. The van der Waals surface area contributed by atoms with Crippen molar-refractivity contribution in [2.24, 2.45) is 5.92 Å². The van der Waals surface area contributed by atoms with Gasteiger partial charge in [-0.05, 0) is 33.1 Å². The molecule has 0 spiro atoms. The number of carbonyl (C=O) groups excluding carboxylic acids is 2. The lowest BCUT2D eigenvalue weighted by molar-refractivity contribution is -0.137. The topological polar surface area (TPSA) is 98.7 Å². The molecule has 3 N–H and O–H groups in total. The number of amides is 3. The highest BCUT2D eigenvalue weighted by molar-refractivity contribution is 5.81. The molecular formula is C14H25N3O4. The van der Waals surface area contributed by atoms with Crippen LogP contribution in [0.3, 0.4) is 0 Å². The lowest BCUT2D eigenvalue weighted by Crippen LogP contribution is -2.46. The van der Waals surface area contributed by atoms with Crippen molar-refractivity contribution in [2.75, 3.05) is 19.6 Å². The monoisotopic (exact) mass is 299 g/mol. The highest BCUT2D eigenvalue weighted by atomic mass is 16.4. The maximum Gasteiger partial charge on any atom is 0.317 e. The first-order valence-corrected chi connectivity index (χ1v) is 7.45. The molecular weight excluding hydrogens is 274 g/mol. The Labute approximate surface area is 125 Å². The normalized spacial score (nSPS) is 13.9. The van der Waals surface area contributed by atoms with Crippen LogP contribution in [-0.4, -0.2) is 53.6 Å². The number of nitrogens with zero attached hydrogens (tertiary/aromatic N) is 1. The van der Waals surface area contributed by atoms with E-state index in [0.29, 0.717) is 26.1 Å². The summed E-state index contributed by atoms with van der Waals surface area (Å²) in [6.07, 6.45) is 2.40. The summed E-state index contributed by atoms with van der Waals surface area (Å²) >= 11 is 0. The molecule has 0 atom stereocenters. The summed E-state index contributed by atoms with van der Waals surface area (Å²) in [4.78, 5) is 35.5. The predicted molar refractivity (Wildman–Crippen MR) is 77.8 cm³/mol. The van der Waals surface area contributed by atoms with Gasteiger partial charge in [-0.1, -0.05) is 0 Å². The Bertz CT molecular complexity index is 380. The van der Waals surface area contributed by atoms with Gasteiger partial charge >= 0.3 is 12.0 Å². The Morgan fingerprint density at radius 3 is 2.33 bits per heavy atom. The molecule has 7 nitrogen and oxygen atoms in total. The summed E-state index contributed by atoms with van der Waals surface area (Å²) in [6, 6.07) is -0.226. The number of nitrogens with one attached hydrogen (secondary N) is 2. The fourth-order valence-corrected chi connectivity index (χ4v) is 1.94. The number of rotatable bonds is 9. The Balaban J connectivity index is 2.21. The van der Waals surface area contributed by atoms with Crippen molar-refractivity contribution in [3.05, 3.63) is 0 Å². The summed E-state index contributed by atoms with van der Waals surface area (Å²) in [7, 11) is 0. The van der Waals surface area contributed by atoms with Gasteiger partial charge < -0.3 is 20.6 Å². The standard InChI is InChI=1S/C14H25N3O4/c1-10(2)17(9-3-4-12(18)19)14(21)16-8-7-15-13(20)11-5-6-11/h10-11H,3-9H2,1-2H3,(H,15,20)(H,16,21)(H,18,19). The van der Waals surface area contributed by atoms with Gasteiger partial charge in [0.1, 0.15) is 0 Å². The van der Waals surface area contributed by atoms with Crippen LogP contribution in [-0.2, 0) is 9.59 Å². The van der Waals surface area contributed by atoms with Crippen molar-refractivity contribution in [1.82, 2.24) is 15.5 Å². The minimum absolute atomic E-state index is 0.000139. The molecule has 0 saturated heterocycles. The molecule has 0 heterocycles. The van der Waals surface area contributed by atoms with E-state index in [1.54, 1.807) is 4.90 Å². The second kappa shape index (κ2) is 8.49. The van der Waals surface area contributed by atoms with Crippen molar-refractivity contribution in [3.63, 3.8) is 0 Å². The van der Waals surface area contributed by atoms with Crippen LogP contribution >= 0.6 is 0 Å². The highest BCUT2D eigenvalue weighted by Gasteiger charge is 2.29. The van der Waals surface area contributed by atoms with Crippen LogP contribution in [0.1, 0.15) is 39.5 Å². The van der Waals surface area contributed by atoms with Gasteiger partial charge in [0, 0.05) is 38.0 Å². The molecule has 120 valence electrons. The predicted octanol–water partition coefficient (Wildman–Crippen LogP) is 0.797.